The molecule has 100 valence electrons. The number of nitrogens with zero attached hydrogens (tertiary/aromatic N) is 2. The summed E-state index contributed by atoms with van der Waals surface area (Å²) in [6.07, 6.45) is 2.67. The van der Waals surface area contributed by atoms with Crippen LogP contribution < -0.4 is 5.32 Å². The lowest BCUT2D eigenvalue weighted by Gasteiger charge is -2.16. The zero-order valence-electron chi connectivity index (χ0n) is 11.3. The Kier molecular flexibility index (Phi) is 4.34. The number of hydrogen-bond acceptors (Lipinski definition) is 2. The third-order valence-corrected chi connectivity index (χ3v) is 3.11. The first-order valence-electron chi connectivity index (χ1n) is 6.63. The van der Waals surface area contributed by atoms with Crippen molar-refractivity contribution in [3.05, 3.63) is 53.9 Å². The fourth-order valence-electron chi connectivity index (χ4n) is 2.00. The molecule has 0 radical (unpaired) electrons. The fraction of sp³-hybridized carbons (Fsp3) is 0.333. The summed E-state index contributed by atoms with van der Waals surface area (Å²) in [5.41, 5.74) is 1.59. The Morgan fingerprint density at radius 3 is 2.58 bits per heavy atom. The van der Waals surface area contributed by atoms with Gasteiger partial charge in [-0.2, -0.15) is 5.10 Å². The van der Waals surface area contributed by atoms with Crippen LogP contribution in [-0.4, -0.2) is 15.7 Å². The van der Waals surface area contributed by atoms with Crippen molar-refractivity contribution >= 4 is 5.91 Å². The van der Waals surface area contributed by atoms with Crippen LogP contribution in [0.15, 0.2) is 42.6 Å². The molecule has 1 aromatic heterocycles. The Morgan fingerprint density at radius 2 is 2.00 bits per heavy atom. The lowest BCUT2D eigenvalue weighted by atomic mass is 10.0. The average Bonchev–Trinajstić information content (AvgIpc) is 2.94. The highest BCUT2D eigenvalue weighted by Crippen LogP contribution is 2.16. The lowest BCUT2D eigenvalue weighted by Crippen LogP contribution is -2.28. The van der Waals surface area contributed by atoms with Crippen molar-refractivity contribution in [2.45, 2.75) is 32.9 Å². The Morgan fingerprint density at radius 1 is 1.26 bits per heavy atom. The maximum Gasteiger partial charge on any atom is 0.272 e. The van der Waals surface area contributed by atoms with Crippen molar-refractivity contribution < 1.29 is 4.79 Å². The predicted molar refractivity (Wildman–Crippen MR) is 74.8 cm³/mol. The number of nitrogens with one attached hydrogen (secondary N) is 1. The number of carbonyl (C=O) groups is 1. The Labute approximate surface area is 113 Å². The van der Waals surface area contributed by atoms with E-state index in [9.17, 15) is 4.79 Å². The second kappa shape index (κ2) is 6.18. The first-order chi connectivity index (χ1) is 9.24. The normalized spacial score (nSPS) is 12.1. The molecule has 1 N–H and O–H groups in total. The number of carbonyl (C=O) groups excluding carboxylic acids is 1. The molecule has 1 amide bonds. The van der Waals surface area contributed by atoms with Crippen LogP contribution in [0.4, 0.5) is 0 Å². The molecular weight excluding hydrogens is 238 g/mol. The van der Waals surface area contributed by atoms with E-state index in [1.54, 1.807) is 10.7 Å². The predicted octanol–water partition coefficient (Wildman–Crippen LogP) is 2.78. The van der Waals surface area contributed by atoms with Crippen LogP contribution >= 0.6 is 0 Å². The Balaban J connectivity index is 2.08. The summed E-state index contributed by atoms with van der Waals surface area (Å²) in [6.45, 7) is 4.82. The smallest absolute Gasteiger partial charge is 0.272 e. The molecule has 0 spiro atoms. The second-order valence-corrected chi connectivity index (χ2v) is 4.40. The van der Waals surface area contributed by atoms with Crippen molar-refractivity contribution in [2.75, 3.05) is 0 Å². The molecule has 0 unspecified atom stereocenters. The average molecular weight is 257 g/mol. The molecule has 0 aliphatic rings. The molecule has 19 heavy (non-hydrogen) atoms. The zero-order chi connectivity index (χ0) is 13.7. The molecule has 0 fully saturated rings. The van der Waals surface area contributed by atoms with E-state index in [4.69, 9.17) is 0 Å². The van der Waals surface area contributed by atoms with E-state index >= 15 is 0 Å². The van der Waals surface area contributed by atoms with Crippen molar-refractivity contribution in [1.29, 1.82) is 0 Å². The molecule has 0 aliphatic heterocycles. The van der Waals surface area contributed by atoms with E-state index in [2.05, 4.69) is 17.3 Å². The van der Waals surface area contributed by atoms with Crippen molar-refractivity contribution in [1.82, 2.24) is 15.1 Å². The third-order valence-electron chi connectivity index (χ3n) is 3.11. The van der Waals surface area contributed by atoms with Crippen LogP contribution in [0.2, 0.25) is 0 Å². The summed E-state index contributed by atoms with van der Waals surface area (Å²) in [5.74, 6) is -0.122. The summed E-state index contributed by atoms with van der Waals surface area (Å²) in [4.78, 5) is 12.1. The third kappa shape index (κ3) is 3.22. The highest BCUT2D eigenvalue weighted by molar-refractivity contribution is 5.92. The van der Waals surface area contributed by atoms with Gasteiger partial charge in [0.25, 0.3) is 5.91 Å². The van der Waals surface area contributed by atoms with Gasteiger partial charge in [0.15, 0.2) is 0 Å². The van der Waals surface area contributed by atoms with Gasteiger partial charge in [0, 0.05) is 12.7 Å². The minimum absolute atomic E-state index is 0.0282. The van der Waals surface area contributed by atoms with Gasteiger partial charge < -0.3 is 5.32 Å². The van der Waals surface area contributed by atoms with E-state index in [1.165, 1.54) is 0 Å². The quantitative estimate of drug-likeness (QED) is 0.895. The number of aryl methyl sites for hydroxylation is 1. The molecule has 1 atom stereocenters. The van der Waals surface area contributed by atoms with Crippen LogP contribution in [-0.2, 0) is 6.54 Å². The minimum Gasteiger partial charge on any atom is -0.344 e. The van der Waals surface area contributed by atoms with Gasteiger partial charge in [-0.25, -0.2) is 0 Å². The number of hydrogen-bond donors (Lipinski definition) is 1. The van der Waals surface area contributed by atoms with Gasteiger partial charge in [-0.1, -0.05) is 37.3 Å². The molecule has 4 nitrogen and oxygen atoms in total. The SMILES string of the molecule is CC[C@H](NC(=O)c1ccn(CC)n1)c1ccccc1. The summed E-state index contributed by atoms with van der Waals surface area (Å²) < 4.78 is 1.75. The molecule has 0 aliphatic carbocycles. The maximum atomic E-state index is 12.1. The second-order valence-electron chi connectivity index (χ2n) is 4.40. The lowest BCUT2D eigenvalue weighted by molar-refractivity contribution is 0.0929. The van der Waals surface area contributed by atoms with Crippen LogP contribution in [0.25, 0.3) is 0 Å². The van der Waals surface area contributed by atoms with Crippen LogP contribution in [0.1, 0.15) is 42.4 Å². The van der Waals surface area contributed by atoms with E-state index in [0.717, 1.165) is 18.5 Å². The summed E-state index contributed by atoms with van der Waals surface area (Å²) in [7, 11) is 0. The molecule has 0 bridgehead atoms. The molecule has 1 heterocycles. The summed E-state index contributed by atoms with van der Waals surface area (Å²) in [5, 5.41) is 7.24. The maximum absolute atomic E-state index is 12.1. The van der Waals surface area contributed by atoms with Gasteiger partial charge in [-0.05, 0) is 25.0 Å². The monoisotopic (exact) mass is 257 g/mol. The summed E-state index contributed by atoms with van der Waals surface area (Å²) in [6, 6.07) is 11.8. The molecule has 4 heteroatoms. The number of aromatic nitrogens is 2. The van der Waals surface area contributed by atoms with Gasteiger partial charge in [-0.15, -0.1) is 0 Å². The van der Waals surface area contributed by atoms with E-state index in [1.807, 2.05) is 43.5 Å². The molecule has 2 rings (SSSR count). The summed E-state index contributed by atoms with van der Waals surface area (Å²) >= 11 is 0. The largest absolute Gasteiger partial charge is 0.344 e. The Bertz CT molecular complexity index is 533. The fourth-order valence-corrected chi connectivity index (χ4v) is 2.00. The van der Waals surface area contributed by atoms with Gasteiger partial charge in [0.05, 0.1) is 6.04 Å². The van der Waals surface area contributed by atoms with E-state index in [-0.39, 0.29) is 11.9 Å². The first-order valence-corrected chi connectivity index (χ1v) is 6.63. The molecule has 2 aromatic rings. The van der Waals surface area contributed by atoms with Crippen LogP contribution in [0.5, 0.6) is 0 Å². The molecule has 1 aromatic carbocycles. The highest BCUT2D eigenvalue weighted by atomic mass is 16.2. The standard InChI is InChI=1S/C15H19N3O/c1-3-13(12-8-6-5-7-9-12)16-15(19)14-10-11-18(4-2)17-14/h5-11,13H,3-4H2,1-2H3,(H,16,19)/t13-/m0/s1. The van der Waals surface area contributed by atoms with Crippen molar-refractivity contribution in [3.63, 3.8) is 0 Å². The van der Waals surface area contributed by atoms with Crippen molar-refractivity contribution in [2.24, 2.45) is 0 Å². The highest BCUT2D eigenvalue weighted by Gasteiger charge is 2.15. The van der Waals surface area contributed by atoms with Gasteiger partial charge in [-0.3, -0.25) is 9.48 Å². The first kappa shape index (κ1) is 13.3. The number of amides is 1. The van der Waals surface area contributed by atoms with Crippen LogP contribution in [0.3, 0.4) is 0 Å². The zero-order valence-corrected chi connectivity index (χ0v) is 11.3. The van der Waals surface area contributed by atoms with Gasteiger partial charge >= 0.3 is 0 Å². The van der Waals surface area contributed by atoms with Gasteiger partial charge in [0.1, 0.15) is 5.69 Å². The number of benzene rings is 1. The Hall–Kier alpha value is -2.10. The van der Waals surface area contributed by atoms with E-state index < -0.39 is 0 Å². The molecule has 0 saturated carbocycles. The molecule has 0 saturated heterocycles. The van der Waals surface area contributed by atoms with Crippen molar-refractivity contribution in [3.8, 4) is 0 Å². The minimum atomic E-state index is -0.122. The topological polar surface area (TPSA) is 46.9 Å². The van der Waals surface area contributed by atoms with Crippen LogP contribution in [0, 0.1) is 0 Å². The van der Waals surface area contributed by atoms with E-state index in [0.29, 0.717) is 5.69 Å². The van der Waals surface area contributed by atoms with Gasteiger partial charge in [0.2, 0.25) is 0 Å². The number of rotatable bonds is 5. The molecular formula is C15H19N3O.